The number of hydrogen-bond acceptors (Lipinski definition) is 6. The highest BCUT2D eigenvalue weighted by Gasteiger charge is 2.17. The number of amides is 2. The number of halogens is 1. The molecule has 0 fully saturated rings. The Morgan fingerprint density at radius 2 is 1.82 bits per heavy atom. The van der Waals surface area contributed by atoms with Crippen LogP contribution in [0, 0.1) is 6.92 Å². The maximum atomic E-state index is 12.8. The second-order valence-corrected chi connectivity index (χ2v) is 7.53. The third kappa shape index (κ3) is 5.75. The zero-order chi connectivity index (χ0) is 23.2. The van der Waals surface area contributed by atoms with Gasteiger partial charge in [0.05, 0.1) is 12.8 Å². The molecule has 4 aromatic rings. The van der Waals surface area contributed by atoms with Crippen LogP contribution in [0.1, 0.15) is 27.6 Å². The molecule has 0 aliphatic heterocycles. The van der Waals surface area contributed by atoms with Crippen molar-refractivity contribution in [1.82, 2.24) is 20.8 Å². The van der Waals surface area contributed by atoms with Gasteiger partial charge in [-0.1, -0.05) is 34.5 Å². The van der Waals surface area contributed by atoms with Gasteiger partial charge in [0.2, 0.25) is 11.7 Å². The second kappa shape index (κ2) is 9.97. The van der Waals surface area contributed by atoms with E-state index in [4.69, 9.17) is 20.5 Å². The first kappa shape index (κ1) is 22.0. The number of aryl methyl sites for hydroxylation is 1. The van der Waals surface area contributed by atoms with Gasteiger partial charge in [0, 0.05) is 22.2 Å². The first-order valence-corrected chi connectivity index (χ1v) is 10.4. The molecule has 2 amide bonds. The first-order chi connectivity index (χ1) is 16.0. The van der Waals surface area contributed by atoms with Crippen molar-refractivity contribution in [3.63, 3.8) is 0 Å². The van der Waals surface area contributed by atoms with Crippen LogP contribution in [0.25, 0.3) is 17.5 Å². The molecular formula is C24H19ClN4O4. The van der Waals surface area contributed by atoms with Gasteiger partial charge >= 0.3 is 0 Å². The zero-order valence-electron chi connectivity index (χ0n) is 17.5. The Labute approximate surface area is 194 Å². The quantitative estimate of drug-likeness (QED) is 0.394. The fraction of sp³-hybridized carbons (Fsp3) is 0.0833. The molecule has 166 valence electrons. The number of rotatable bonds is 7. The average Bonchev–Trinajstić information content (AvgIpc) is 3.50. The molecule has 0 aliphatic carbocycles. The highest BCUT2D eigenvalue weighted by molar-refractivity contribution is 6.30. The summed E-state index contributed by atoms with van der Waals surface area (Å²) in [4.78, 5) is 29.8. The standard InChI is InChI=1S/C24H19ClN4O4/c1-15-4-6-17(7-5-15)23(30)27-20(13-19-3-2-12-32-19)24(31)26-14-21-28-22(29-33-21)16-8-10-18(25)11-9-16/h2-13H,14H2,1H3,(H,26,31)(H,27,30)/b20-13-. The second-order valence-electron chi connectivity index (χ2n) is 7.09. The highest BCUT2D eigenvalue weighted by Crippen LogP contribution is 2.18. The molecule has 8 nitrogen and oxygen atoms in total. The van der Waals surface area contributed by atoms with Crippen molar-refractivity contribution in [3.8, 4) is 11.4 Å². The molecule has 2 aromatic heterocycles. The van der Waals surface area contributed by atoms with Gasteiger partial charge in [-0.15, -0.1) is 0 Å². The van der Waals surface area contributed by atoms with Crippen LogP contribution in [0.15, 0.2) is 81.6 Å². The topological polar surface area (TPSA) is 110 Å². The van der Waals surface area contributed by atoms with Crippen molar-refractivity contribution in [3.05, 3.63) is 100 Å². The molecule has 0 aliphatic rings. The first-order valence-electron chi connectivity index (χ1n) is 9.98. The van der Waals surface area contributed by atoms with Gasteiger partial charge in [-0.25, -0.2) is 0 Å². The number of furan rings is 1. The molecule has 0 saturated heterocycles. The van der Waals surface area contributed by atoms with Gasteiger partial charge in [0.15, 0.2) is 0 Å². The number of nitrogens with one attached hydrogen (secondary N) is 2. The number of benzene rings is 2. The van der Waals surface area contributed by atoms with Crippen molar-refractivity contribution >= 4 is 29.5 Å². The lowest BCUT2D eigenvalue weighted by atomic mass is 10.1. The molecule has 0 radical (unpaired) electrons. The van der Waals surface area contributed by atoms with Crippen molar-refractivity contribution in [2.75, 3.05) is 0 Å². The Bertz CT molecular complexity index is 1280. The molecule has 0 atom stereocenters. The molecule has 4 rings (SSSR count). The number of hydrogen-bond donors (Lipinski definition) is 2. The lowest BCUT2D eigenvalue weighted by molar-refractivity contribution is -0.118. The molecule has 0 bridgehead atoms. The lowest BCUT2D eigenvalue weighted by Crippen LogP contribution is -2.34. The molecule has 0 saturated carbocycles. The fourth-order valence-electron chi connectivity index (χ4n) is 2.87. The number of carbonyl (C=O) groups excluding carboxylic acids is 2. The van der Waals surface area contributed by atoms with Gasteiger partial charge in [-0.2, -0.15) is 4.98 Å². The van der Waals surface area contributed by atoms with E-state index in [9.17, 15) is 9.59 Å². The minimum Gasteiger partial charge on any atom is -0.465 e. The summed E-state index contributed by atoms with van der Waals surface area (Å²) in [7, 11) is 0. The minimum atomic E-state index is -0.543. The summed E-state index contributed by atoms with van der Waals surface area (Å²) in [6.45, 7) is 1.89. The Hall–Kier alpha value is -4.17. The van der Waals surface area contributed by atoms with Crippen LogP contribution < -0.4 is 10.6 Å². The molecule has 0 spiro atoms. The van der Waals surface area contributed by atoms with Gasteiger partial charge in [-0.3, -0.25) is 9.59 Å². The summed E-state index contributed by atoms with van der Waals surface area (Å²) in [5.74, 6) is 0.0153. The number of aromatic nitrogens is 2. The maximum absolute atomic E-state index is 12.8. The molecule has 2 aromatic carbocycles. The van der Waals surface area contributed by atoms with E-state index in [0.29, 0.717) is 22.2 Å². The average molecular weight is 463 g/mol. The van der Waals surface area contributed by atoms with Gasteiger partial charge < -0.3 is 19.6 Å². The van der Waals surface area contributed by atoms with Crippen LogP contribution >= 0.6 is 11.6 Å². The molecule has 33 heavy (non-hydrogen) atoms. The molecule has 2 heterocycles. The Morgan fingerprint density at radius 1 is 1.06 bits per heavy atom. The normalized spacial score (nSPS) is 11.3. The van der Waals surface area contributed by atoms with Crippen LogP contribution in [-0.4, -0.2) is 22.0 Å². The van der Waals surface area contributed by atoms with E-state index in [1.807, 2.05) is 19.1 Å². The predicted molar refractivity (Wildman–Crippen MR) is 122 cm³/mol. The SMILES string of the molecule is Cc1ccc(C(=O)N/C(=C\c2ccco2)C(=O)NCc2nc(-c3ccc(Cl)cc3)no2)cc1. The summed E-state index contributed by atoms with van der Waals surface area (Å²) in [6, 6.07) is 17.3. The van der Waals surface area contributed by atoms with Crippen molar-refractivity contribution in [1.29, 1.82) is 0 Å². The number of carbonyl (C=O) groups is 2. The fourth-order valence-corrected chi connectivity index (χ4v) is 2.99. The predicted octanol–water partition coefficient (Wildman–Crippen LogP) is 4.38. The van der Waals surface area contributed by atoms with E-state index in [0.717, 1.165) is 11.1 Å². The van der Waals surface area contributed by atoms with E-state index in [-0.39, 0.29) is 18.1 Å². The Morgan fingerprint density at radius 3 is 2.52 bits per heavy atom. The van der Waals surface area contributed by atoms with Crippen LogP contribution in [-0.2, 0) is 11.3 Å². The summed E-state index contributed by atoms with van der Waals surface area (Å²) in [5, 5.41) is 9.82. The van der Waals surface area contributed by atoms with E-state index >= 15 is 0 Å². The van der Waals surface area contributed by atoms with Gasteiger partial charge in [-0.05, 0) is 55.5 Å². The van der Waals surface area contributed by atoms with Crippen molar-refractivity contribution in [2.45, 2.75) is 13.5 Å². The molecular weight excluding hydrogens is 444 g/mol. The molecule has 0 unspecified atom stereocenters. The zero-order valence-corrected chi connectivity index (χ0v) is 18.3. The minimum absolute atomic E-state index is 0.00738. The lowest BCUT2D eigenvalue weighted by Gasteiger charge is -2.10. The third-order valence-electron chi connectivity index (χ3n) is 4.61. The summed E-state index contributed by atoms with van der Waals surface area (Å²) >= 11 is 5.90. The Balaban J connectivity index is 1.46. The third-order valence-corrected chi connectivity index (χ3v) is 4.86. The van der Waals surface area contributed by atoms with E-state index in [1.54, 1.807) is 48.5 Å². The van der Waals surface area contributed by atoms with E-state index < -0.39 is 11.8 Å². The summed E-state index contributed by atoms with van der Waals surface area (Å²) < 4.78 is 10.5. The van der Waals surface area contributed by atoms with E-state index in [1.165, 1.54) is 12.3 Å². The van der Waals surface area contributed by atoms with Gasteiger partial charge in [0.1, 0.15) is 11.5 Å². The summed E-state index contributed by atoms with van der Waals surface area (Å²) in [6.07, 6.45) is 2.91. The van der Waals surface area contributed by atoms with Crippen LogP contribution in [0.4, 0.5) is 0 Å². The van der Waals surface area contributed by atoms with Gasteiger partial charge in [0.25, 0.3) is 11.8 Å². The summed E-state index contributed by atoms with van der Waals surface area (Å²) in [5.41, 5.74) is 2.17. The molecule has 9 heteroatoms. The van der Waals surface area contributed by atoms with Crippen LogP contribution in [0.3, 0.4) is 0 Å². The van der Waals surface area contributed by atoms with Crippen molar-refractivity contribution < 1.29 is 18.5 Å². The van der Waals surface area contributed by atoms with Crippen molar-refractivity contribution in [2.24, 2.45) is 0 Å². The smallest absolute Gasteiger partial charge is 0.268 e. The Kier molecular flexibility index (Phi) is 6.66. The molecule has 2 N–H and O–H groups in total. The van der Waals surface area contributed by atoms with Crippen LogP contribution in [0.5, 0.6) is 0 Å². The number of nitrogens with zero attached hydrogens (tertiary/aromatic N) is 2. The highest BCUT2D eigenvalue weighted by atomic mass is 35.5. The monoisotopic (exact) mass is 462 g/mol. The largest absolute Gasteiger partial charge is 0.465 e. The van der Waals surface area contributed by atoms with Crippen LogP contribution in [0.2, 0.25) is 5.02 Å². The van der Waals surface area contributed by atoms with E-state index in [2.05, 4.69) is 20.8 Å². The maximum Gasteiger partial charge on any atom is 0.268 e.